The number of carbonyl (C=O) groups excluding carboxylic acids is 1. The fraction of sp³-hybridized carbons (Fsp3) is 0.417. The second kappa shape index (κ2) is 7.06. The van der Waals surface area contributed by atoms with Crippen molar-refractivity contribution in [1.29, 1.82) is 0 Å². The molecule has 1 unspecified atom stereocenters. The van der Waals surface area contributed by atoms with Crippen LogP contribution >= 0.6 is 11.6 Å². The van der Waals surface area contributed by atoms with Crippen LogP contribution in [-0.2, 0) is 4.74 Å². The zero-order chi connectivity index (χ0) is 14.4. The summed E-state index contributed by atoms with van der Waals surface area (Å²) in [4.78, 5) is 22.0. The van der Waals surface area contributed by atoms with E-state index in [0.29, 0.717) is 13.2 Å². The second-order valence-corrected chi connectivity index (χ2v) is 4.36. The molecule has 19 heavy (non-hydrogen) atoms. The van der Waals surface area contributed by atoms with Gasteiger partial charge in [-0.2, -0.15) is 0 Å². The third-order valence-electron chi connectivity index (χ3n) is 2.35. The Bertz CT molecular complexity index is 479. The van der Waals surface area contributed by atoms with Crippen molar-refractivity contribution >= 4 is 23.2 Å². The summed E-state index contributed by atoms with van der Waals surface area (Å²) in [5, 5.41) is 13.4. The Balaban J connectivity index is 2.77. The summed E-state index contributed by atoms with van der Waals surface area (Å²) < 4.78 is 5.17. The van der Waals surface area contributed by atoms with Gasteiger partial charge in [-0.1, -0.05) is 11.6 Å². The van der Waals surface area contributed by atoms with Crippen LogP contribution in [0.1, 0.15) is 24.2 Å². The number of halogens is 1. The van der Waals surface area contributed by atoms with E-state index in [9.17, 15) is 14.9 Å². The number of nitrogens with zero attached hydrogens (tertiary/aromatic N) is 1. The van der Waals surface area contributed by atoms with Crippen LogP contribution in [0, 0.1) is 10.1 Å². The van der Waals surface area contributed by atoms with Crippen LogP contribution in [0.5, 0.6) is 0 Å². The average Bonchev–Trinajstić information content (AvgIpc) is 2.36. The van der Waals surface area contributed by atoms with E-state index in [4.69, 9.17) is 16.3 Å². The SMILES string of the molecule is CCOCC(C)NC(=O)c1ccc(Cl)c([N+](=O)[O-])c1. The van der Waals surface area contributed by atoms with Crippen LogP contribution in [-0.4, -0.2) is 30.1 Å². The van der Waals surface area contributed by atoms with Crippen molar-refractivity contribution in [2.24, 2.45) is 0 Å². The Kier molecular flexibility index (Phi) is 5.72. The van der Waals surface area contributed by atoms with Crippen molar-refractivity contribution in [2.75, 3.05) is 13.2 Å². The number of ether oxygens (including phenoxy) is 1. The van der Waals surface area contributed by atoms with Crippen molar-refractivity contribution in [2.45, 2.75) is 19.9 Å². The van der Waals surface area contributed by atoms with Crippen LogP contribution in [0.2, 0.25) is 5.02 Å². The molecule has 0 spiro atoms. The van der Waals surface area contributed by atoms with Crippen LogP contribution in [0.25, 0.3) is 0 Å². The molecular weight excluding hydrogens is 272 g/mol. The van der Waals surface area contributed by atoms with Gasteiger partial charge in [0.15, 0.2) is 0 Å². The lowest BCUT2D eigenvalue weighted by atomic mass is 10.2. The number of rotatable bonds is 6. The molecule has 0 saturated heterocycles. The number of benzene rings is 1. The molecule has 0 aliphatic heterocycles. The van der Waals surface area contributed by atoms with Crippen molar-refractivity contribution in [1.82, 2.24) is 5.32 Å². The van der Waals surface area contributed by atoms with E-state index in [0.717, 1.165) is 6.07 Å². The maximum absolute atomic E-state index is 11.9. The lowest BCUT2D eigenvalue weighted by Crippen LogP contribution is -2.35. The highest BCUT2D eigenvalue weighted by Crippen LogP contribution is 2.24. The average molecular weight is 287 g/mol. The lowest BCUT2D eigenvalue weighted by molar-refractivity contribution is -0.384. The number of nitrogens with one attached hydrogen (secondary N) is 1. The summed E-state index contributed by atoms with van der Waals surface area (Å²) in [7, 11) is 0. The van der Waals surface area contributed by atoms with Gasteiger partial charge >= 0.3 is 0 Å². The minimum absolute atomic E-state index is 0.00362. The highest BCUT2D eigenvalue weighted by molar-refractivity contribution is 6.32. The van der Waals surface area contributed by atoms with Gasteiger partial charge in [0.05, 0.1) is 11.5 Å². The number of hydrogen-bond donors (Lipinski definition) is 1. The van der Waals surface area contributed by atoms with Crippen molar-refractivity contribution in [3.05, 3.63) is 38.9 Å². The molecule has 1 amide bonds. The molecule has 0 aliphatic rings. The summed E-state index contributed by atoms with van der Waals surface area (Å²) in [5.41, 5.74) is -0.0915. The molecule has 7 heteroatoms. The number of amides is 1. The molecule has 0 radical (unpaired) electrons. The topological polar surface area (TPSA) is 81.5 Å². The second-order valence-electron chi connectivity index (χ2n) is 3.96. The normalized spacial score (nSPS) is 11.9. The summed E-state index contributed by atoms with van der Waals surface area (Å²) in [6.45, 7) is 4.60. The first-order valence-electron chi connectivity index (χ1n) is 5.78. The molecule has 1 aromatic rings. The molecule has 1 atom stereocenters. The van der Waals surface area contributed by atoms with E-state index in [1.54, 1.807) is 6.92 Å². The number of carbonyl (C=O) groups is 1. The fourth-order valence-electron chi connectivity index (χ4n) is 1.44. The van der Waals surface area contributed by atoms with Gasteiger partial charge in [-0.05, 0) is 26.0 Å². The predicted octanol–water partition coefficient (Wildman–Crippen LogP) is 2.40. The van der Waals surface area contributed by atoms with Crippen molar-refractivity contribution < 1.29 is 14.5 Å². The number of hydrogen-bond acceptors (Lipinski definition) is 4. The minimum atomic E-state index is -0.622. The van der Waals surface area contributed by atoms with E-state index >= 15 is 0 Å². The maximum Gasteiger partial charge on any atom is 0.288 e. The third-order valence-corrected chi connectivity index (χ3v) is 2.67. The van der Waals surface area contributed by atoms with E-state index in [-0.39, 0.29) is 22.3 Å². The Morgan fingerprint density at radius 3 is 2.84 bits per heavy atom. The molecule has 1 aromatic carbocycles. The van der Waals surface area contributed by atoms with E-state index in [1.807, 2.05) is 6.92 Å². The molecule has 0 aromatic heterocycles. The zero-order valence-electron chi connectivity index (χ0n) is 10.7. The molecule has 0 saturated carbocycles. The van der Waals surface area contributed by atoms with Gasteiger partial charge in [-0.25, -0.2) is 0 Å². The Labute approximate surface area is 115 Å². The van der Waals surface area contributed by atoms with Gasteiger partial charge in [0.1, 0.15) is 5.02 Å². The van der Waals surface area contributed by atoms with Gasteiger partial charge in [0.2, 0.25) is 0 Å². The summed E-state index contributed by atoms with van der Waals surface area (Å²) in [5.74, 6) is -0.396. The molecule has 6 nitrogen and oxygen atoms in total. The molecule has 0 fully saturated rings. The first-order valence-corrected chi connectivity index (χ1v) is 6.16. The number of nitro benzene ring substituents is 1. The van der Waals surface area contributed by atoms with Gasteiger partial charge in [0, 0.05) is 24.3 Å². The Morgan fingerprint density at radius 1 is 1.58 bits per heavy atom. The quantitative estimate of drug-likeness (QED) is 0.643. The van der Waals surface area contributed by atoms with Crippen LogP contribution in [0.15, 0.2) is 18.2 Å². The van der Waals surface area contributed by atoms with Gasteiger partial charge < -0.3 is 10.1 Å². The highest BCUT2D eigenvalue weighted by atomic mass is 35.5. The summed E-state index contributed by atoms with van der Waals surface area (Å²) >= 11 is 5.68. The minimum Gasteiger partial charge on any atom is -0.380 e. The first-order chi connectivity index (χ1) is 8.95. The van der Waals surface area contributed by atoms with Crippen LogP contribution in [0.3, 0.4) is 0 Å². The van der Waals surface area contributed by atoms with Gasteiger partial charge in [-0.3, -0.25) is 14.9 Å². The Hall–Kier alpha value is -1.66. The van der Waals surface area contributed by atoms with E-state index < -0.39 is 10.8 Å². The molecule has 1 N–H and O–H groups in total. The van der Waals surface area contributed by atoms with Crippen LogP contribution in [0.4, 0.5) is 5.69 Å². The van der Waals surface area contributed by atoms with Gasteiger partial charge in [0.25, 0.3) is 11.6 Å². The smallest absolute Gasteiger partial charge is 0.288 e. The van der Waals surface area contributed by atoms with Crippen molar-refractivity contribution in [3.8, 4) is 0 Å². The first kappa shape index (κ1) is 15.4. The standard InChI is InChI=1S/C12H15ClN2O4/c1-3-19-7-8(2)14-12(16)9-4-5-10(13)11(6-9)15(17)18/h4-6,8H,3,7H2,1-2H3,(H,14,16). The maximum atomic E-state index is 11.9. The molecular formula is C12H15ClN2O4. The summed E-state index contributed by atoms with van der Waals surface area (Å²) in [6, 6.07) is 3.76. The molecule has 0 aliphatic carbocycles. The van der Waals surface area contributed by atoms with Gasteiger partial charge in [-0.15, -0.1) is 0 Å². The molecule has 104 valence electrons. The predicted molar refractivity (Wildman–Crippen MR) is 71.5 cm³/mol. The third kappa shape index (κ3) is 4.50. The molecule has 0 heterocycles. The highest BCUT2D eigenvalue weighted by Gasteiger charge is 2.17. The molecule has 1 rings (SSSR count). The fourth-order valence-corrected chi connectivity index (χ4v) is 1.62. The lowest BCUT2D eigenvalue weighted by Gasteiger charge is -2.13. The van der Waals surface area contributed by atoms with Crippen LogP contribution < -0.4 is 5.32 Å². The van der Waals surface area contributed by atoms with Crippen molar-refractivity contribution in [3.63, 3.8) is 0 Å². The zero-order valence-corrected chi connectivity index (χ0v) is 11.4. The van der Waals surface area contributed by atoms with E-state index in [1.165, 1.54) is 12.1 Å². The molecule has 0 bridgehead atoms. The largest absolute Gasteiger partial charge is 0.380 e. The summed E-state index contributed by atoms with van der Waals surface area (Å²) in [6.07, 6.45) is 0. The monoisotopic (exact) mass is 286 g/mol. The van der Waals surface area contributed by atoms with E-state index in [2.05, 4.69) is 5.32 Å². The number of nitro groups is 1. The Morgan fingerprint density at radius 2 is 2.26 bits per heavy atom.